The lowest BCUT2D eigenvalue weighted by atomic mass is 10.2. The number of amidine groups is 1. The molecule has 0 saturated heterocycles. The summed E-state index contributed by atoms with van der Waals surface area (Å²) in [5.41, 5.74) is 6.70. The molecule has 0 aliphatic heterocycles. The van der Waals surface area contributed by atoms with Gasteiger partial charge in [0.25, 0.3) is 0 Å². The number of hydrogen-bond acceptors (Lipinski definition) is 4. The summed E-state index contributed by atoms with van der Waals surface area (Å²) < 4.78 is 1.77. The van der Waals surface area contributed by atoms with Crippen LogP contribution in [0.3, 0.4) is 0 Å². The van der Waals surface area contributed by atoms with E-state index in [9.17, 15) is 0 Å². The number of rotatable bonds is 6. The molecule has 0 radical (unpaired) electrons. The van der Waals surface area contributed by atoms with E-state index in [2.05, 4.69) is 15.6 Å². The molecular formula is C10H19N5O. The van der Waals surface area contributed by atoms with E-state index in [0.717, 1.165) is 19.4 Å². The van der Waals surface area contributed by atoms with Gasteiger partial charge in [-0.25, -0.2) is 0 Å². The molecule has 1 unspecified atom stereocenters. The Morgan fingerprint density at radius 2 is 2.50 bits per heavy atom. The highest BCUT2D eigenvalue weighted by molar-refractivity contribution is 5.85. The van der Waals surface area contributed by atoms with Crippen LogP contribution in [0, 0.1) is 0 Å². The van der Waals surface area contributed by atoms with E-state index in [4.69, 9.17) is 10.9 Å². The van der Waals surface area contributed by atoms with Crippen LogP contribution in [-0.4, -0.2) is 33.4 Å². The molecule has 0 fully saturated rings. The zero-order valence-electron chi connectivity index (χ0n) is 9.72. The number of hydrogen-bond donors (Lipinski definition) is 3. The number of aromatic nitrogens is 2. The Kier molecular flexibility index (Phi) is 4.78. The van der Waals surface area contributed by atoms with Crippen LogP contribution in [-0.2, 0) is 13.5 Å². The summed E-state index contributed by atoms with van der Waals surface area (Å²) in [5, 5.41) is 18.9. The van der Waals surface area contributed by atoms with Crippen molar-refractivity contribution in [3.8, 4) is 0 Å². The van der Waals surface area contributed by atoms with Crippen molar-refractivity contribution in [2.24, 2.45) is 17.9 Å². The maximum absolute atomic E-state index is 8.57. The molecule has 0 aliphatic rings. The van der Waals surface area contributed by atoms with Gasteiger partial charge in [-0.05, 0) is 24.9 Å². The van der Waals surface area contributed by atoms with Crippen molar-refractivity contribution in [2.75, 3.05) is 6.54 Å². The molecule has 1 heterocycles. The molecule has 1 aromatic heterocycles. The lowest BCUT2D eigenvalue weighted by Crippen LogP contribution is -2.41. The molecule has 16 heavy (non-hydrogen) atoms. The van der Waals surface area contributed by atoms with Crippen LogP contribution in [0.15, 0.2) is 17.5 Å². The van der Waals surface area contributed by atoms with Gasteiger partial charge in [0.15, 0.2) is 5.84 Å². The summed E-state index contributed by atoms with van der Waals surface area (Å²) in [6, 6.07) is -0.0679. The Hall–Kier alpha value is -1.56. The molecular weight excluding hydrogens is 206 g/mol. The van der Waals surface area contributed by atoms with Crippen LogP contribution in [0.25, 0.3) is 0 Å². The summed E-state index contributed by atoms with van der Waals surface area (Å²) >= 11 is 0. The average Bonchev–Trinajstić information content (AvgIpc) is 2.69. The van der Waals surface area contributed by atoms with Gasteiger partial charge < -0.3 is 16.3 Å². The van der Waals surface area contributed by atoms with Crippen LogP contribution in [0.5, 0.6) is 0 Å². The Balaban J connectivity index is 2.34. The Morgan fingerprint density at radius 3 is 3.00 bits per heavy atom. The van der Waals surface area contributed by atoms with E-state index in [1.165, 1.54) is 5.56 Å². The minimum absolute atomic E-state index is 0.0679. The van der Waals surface area contributed by atoms with Crippen LogP contribution in [0.4, 0.5) is 0 Å². The number of nitrogens with one attached hydrogen (secondary N) is 1. The van der Waals surface area contributed by atoms with Gasteiger partial charge in [0.05, 0.1) is 12.2 Å². The third-order valence-electron chi connectivity index (χ3n) is 2.44. The second kappa shape index (κ2) is 6.12. The van der Waals surface area contributed by atoms with Crippen LogP contribution in [0.1, 0.15) is 18.9 Å². The molecule has 90 valence electrons. The van der Waals surface area contributed by atoms with Crippen molar-refractivity contribution >= 4 is 5.84 Å². The van der Waals surface area contributed by atoms with Crippen molar-refractivity contribution in [3.05, 3.63) is 18.0 Å². The molecule has 0 spiro atoms. The predicted octanol–water partition coefficient (Wildman–Crippen LogP) is 0.0772. The molecule has 6 heteroatoms. The third-order valence-corrected chi connectivity index (χ3v) is 2.44. The van der Waals surface area contributed by atoms with Gasteiger partial charge in [-0.3, -0.25) is 4.68 Å². The highest BCUT2D eigenvalue weighted by Gasteiger charge is 2.10. The number of oxime groups is 1. The van der Waals surface area contributed by atoms with E-state index in [1.54, 1.807) is 4.68 Å². The highest BCUT2D eigenvalue weighted by Crippen LogP contribution is 1.97. The van der Waals surface area contributed by atoms with Crippen molar-refractivity contribution in [3.63, 3.8) is 0 Å². The molecule has 4 N–H and O–H groups in total. The fourth-order valence-electron chi connectivity index (χ4n) is 1.52. The summed E-state index contributed by atoms with van der Waals surface area (Å²) in [6.45, 7) is 2.76. The number of nitrogens with zero attached hydrogens (tertiary/aromatic N) is 3. The number of aryl methyl sites for hydroxylation is 1. The summed E-state index contributed by atoms with van der Waals surface area (Å²) in [5.74, 6) is 0.230. The average molecular weight is 225 g/mol. The van der Waals surface area contributed by atoms with Gasteiger partial charge in [-0.1, -0.05) is 12.1 Å². The van der Waals surface area contributed by atoms with E-state index in [0.29, 0.717) is 0 Å². The fourth-order valence-corrected chi connectivity index (χ4v) is 1.52. The first-order valence-electron chi connectivity index (χ1n) is 5.35. The largest absolute Gasteiger partial charge is 0.409 e. The first-order chi connectivity index (χ1) is 7.67. The summed E-state index contributed by atoms with van der Waals surface area (Å²) in [4.78, 5) is 0. The molecule has 0 saturated carbocycles. The maximum Gasteiger partial charge on any atom is 0.156 e. The SMILES string of the molecule is CCC(NCCc1cnn(C)c1)C(N)=NO. The van der Waals surface area contributed by atoms with Crippen molar-refractivity contribution in [2.45, 2.75) is 25.8 Å². The second-order valence-corrected chi connectivity index (χ2v) is 3.71. The monoisotopic (exact) mass is 225 g/mol. The van der Waals surface area contributed by atoms with Crippen molar-refractivity contribution < 1.29 is 5.21 Å². The van der Waals surface area contributed by atoms with Crippen LogP contribution in [0.2, 0.25) is 0 Å². The molecule has 0 bridgehead atoms. The van der Waals surface area contributed by atoms with Gasteiger partial charge in [-0.2, -0.15) is 5.10 Å². The standard InChI is InChI=1S/C10H19N5O/c1-3-9(10(11)14-16)12-5-4-8-6-13-15(2)7-8/h6-7,9,12,16H,3-5H2,1-2H3,(H2,11,14). The Bertz CT molecular complexity index is 347. The molecule has 1 rings (SSSR count). The van der Waals surface area contributed by atoms with Gasteiger partial charge in [0.1, 0.15) is 0 Å². The zero-order chi connectivity index (χ0) is 12.0. The molecule has 6 nitrogen and oxygen atoms in total. The lowest BCUT2D eigenvalue weighted by molar-refractivity contribution is 0.314. The highest BCUT2D eigenvalue weighted by atomic mass is 16.4. The molecule has 0 aromatic carbocycles. The molecule has 1 atom stereocenters. The topological polar surface area (TPSA) is 88.5 Å². The maximum atomic E-state index is 8.57. The second-order valence-electron chi connectivity index (χ2n) is 3.71. The van der Waals surface area contributed by atoms with Gasteiger partial charge in [0.2, 0.25) is 0 Å². The van der Waals surface area contributed by atoms with E-state index < -0.39 is 0 Å². The van der Waals surface area contributed by atoms with Crippen molar-refractivity contribution in [1.29, 1.82) is 0 Å². The van der Waals surface area contributed by atoms with Crippen LogP contribution < -0.4 is 11.1 Å². The first kappa shape index (κ1) is 12.5. The Labute approximate surface area is 95.1 Å². The van der Waals surface area contributed by atoms with E-state index >= 15 is 0 Å². The van der Waals surface area contributed by atoms with Gasteiger partial charge >= 0.3 is 0 Å². The van der Waals surface area contributed by atoms with Gasteiger partial charge in [-0.15, -0.1) is 0 Å². The first-order valence-corrected chi connectivity index (χ1v) is 5.35. The van der Waals surface area contributed by atoms with E-state index in [1.807, 2.05) is 26.4 Å². The lowest BCUT2D eigenvalue weighted by Gasteiger charge is -2.14. The molecule has 1 aromatic rings. The zero-order valence-corrected chi connectivity index (χ0v) is 9.72. The summed E-state index contributed by atoms with van der Waals surface area (Å²) in [7, 11) is 1.89. The van der Waals surface area contributed by atoms with E-state index in [-0.39, 0.29) is 11.9 Å². The molecule has 0 amide bonds. The minimum atomic E-state index is -0.0679. The predicted molar refractivity (Wildman–Crippen MR) is 62.4 cm³/mol. The van der Waals surface area contributed by atoms with Gasteiger partial charge in [0, 0.05) is 13.2 Å². The quantitative estimate of drug-likeness (QED) is 0.277. The normalized spacial score (nSPS) is 14.0. The smallest absolute Gasteiger partial charge is 0.156 e. The minimum Gasteiger partial charge on any atom is -0.409 e. The summed E-state index contributed by atoms with van der Waals surface area (Å²) in [6.07, 6.45) is 5.49. The fraction of sp³-hybridized carbons (Fsp3) is 0.600. The van der Waals surface area contributed by atoms with Crippen molar-refractivity contribution in [1.82, 2.24) is 15.1 Å². The molecule has 0 aliphatic carbocycles. The van der Waals surface area contributed by atoms with Crippen LogP contribution >= 0.6 is 0 Å². The Morgan fingerprint density at radius 1 is 1.75 bits per heavy atom. The third kappa shape index (κ3) is 3.54. The number of nitrogens with two attached hydrogens (primary N) is 1.